The Morgan fingerprint density at radius 1 is 1.27 bits per heavy atom. The summed E-state index contributed by atoms with van der Waals surface area (Å²) < 4.78 is 10.3. The van der Waals surface area contributed by atoms with Gasteiger partial charge >= 0.3 is 11.9 Å². The van der Waals surface area contributed by atoms with Crippen LogP contribution in [-0.2, 0) is 0 Å². The van der Waals surface area contributed by atoms with Crippen LogP contribution in [0.5, 0.6) is 11.5 Å². The minimum Gasteiger partial charge on any atom is -0.497 e. The van der Waals surface area contributed by atoms with Gasteiger partial charge in [-0.3, -0.25) is 4.79 Å². The summed E-state index contributed by atoms with van der Waals surface area (Å²) in [5, 5.41) is 27.6. The molecule has 1 aromatic heterocycles. The van der Waals surface area contributed by atoms with Crippen molar-refractivity contribution in [3.05, 3.63) is 39.7 Å². The first kappa shape index (κ1) is 18.3. The molecule has 2 aromatic rings. The molecule has 134 valence electrons. The first-order valence-corrected chi connectivity index (χ1v) is 7.02. The highest BCUT2D eigenvalue weighted by Crippen LogP contribution is 2.38. The predicted molar refractivity (Wildman–Crippen MR) is 88.5 cm³/mol. The molecule has 0 aliphatic carbocycles. The van der Waals surface area contributed by atoms with Crippen molar-refractivity contribution in [3.63, 3.8) is 0 Å². The van der Waals surface area contributed by atoms with Gasteiger partial charge in [-0.1, -0.05) is 0 Å². The Morgan fingerprint density at radius 3 is 2.46 bits per heavy atom. The quantitative estimate of drug-likeness (QED) is 0.584. The number of ether oxygens (including phenoxy) is 2. The largest absolute Gasteiger partial charge is 0.497 e. The monoisotopic (exact) mass is 359 g/mol. The number of nitrogen functional groups attached to an aromatic ring is 1. The van der Waals surface area contributed by atoms with Gasteiger partial charge in [-0.05, 0) is 18.2 Å². The van der Waals surface area contributed by atoms with E-state index in [1.807, 2.05) is 4.98 Å². The van der Waals surface area contributed by atoms with Gasteiger partial charge in [0.2, 0.25) is 0 Å². The molecule has 0 saturated heterocycles. The fourth-order valence-corrected chi connectivity index (χ4v) is 2.38. The summed E-state index contributed by atoms with van der Waals surface area (Å²) in [5.74, 6) is -3.49. The molecule has 26 heavy (non-hydrogen) atoms. The lowest BCUT2D eigenvalue weighted by atomic mass is 9.94. The van der Waals surface area contributed by atoms with Crippen molar-refractivity contribution in [1.29, 1.82) is 5.26 Å². The van der Waals surface area contributed by atoms with Crippen LogP contribution in [0.25, 0.3) is 11.1 Å². The number of nitrogens with one attached hydrogen (secondary N) is 1. The molecule has 0 saturated carbocycles. The van der Waals surface area contributed by atoms with Crippen molar-refractivity contribution < 1.29 is 29.3 Å². The van der Waals surface area contributed by atoms with Gasteiger partial charge in [0.25, 0.3) is 5.56 Å². The van der Waals surface area contributed by atoms with Gasteiger partial charge in [-0.15, -0.1) is 0 Å². The third-order valence-electron chi connectivity index (χ3n) is 3.42. The van der Waals surface area contributed by atoms with E-state index in [4.69, 9.17) is 20.5 Å². The number of hydrogen-bond donors (Lipinski definition) is 4. The first-order valence-electron chi connectivity index (χ1n) is 7.02. The smallest absolute Gasteiger partial charge is 0.342 e. The Kier molecular flexibility index (Phi) is 5.13. The van der Waals surface area contributed by atoms with Crippen molar-refractivity contribution in [3.8, 4) is 28.7 Å². The van der Waals surface area contributed by atoms with Crippen molar-refractivity contribution in [2.75, 3.05) is 19.5 Å². The van der Waals surface area contributed by atoms with Crippen molar-refractivity contribution in [2.45, 2.75) is 0 Å². The zero-order valence-corrected chi connectivity index (χ0v) is 13.4. The highest BCUT2D eigenvalue weighted by molar-refractivity contribution is 6.08. The van der Waals surface area contributed by atoms with Gasteiger partial charge in [0.05, 0.1) is 7.11 Å². The summed E-state index contributed by atoms with van der Waals surface area (Å²) >= 11 is 0. The Labute approximate surface area is 146 Å². The first-order chi connectivity index (χ1) is 12.3. The molecule has 1 heterocycles. The number of methoxy groups -OCH3 is 1. The average Bonchev–Trinajstić information content (AvgIpc) is 2.58. The van der Waals surface area contributed by atoms with Gasteiger partial charge in [0.1, 0.15) is 34.5 Å². The molecule has 0 aliphatic heterocycles. The number of pyridine rings is 1. The second-order valence-corrected chi connectivity index (χ2v) is 4.91. The molecule has 0 fully saturated rings. The molecule has 2 rings (SSSR count). The lowest BCUT2D eigenvalue weighted by Crippen LogP contribution is -2.24. The molecule has 0 spiro atoms. The number of nitrogens with zero attached hydrogens (tertiary/aromatic N) is 1. The van der Waals surface area contributed by atoms with Crippen LogP contribution in [0.1, 0.15) is 20.7 Å². The fourth-order valence-electron chi connectivity index (χ4n) is 2.38. The van der Waals surface area contributed by atoms with Gasteiger partial charge in [0, 0.05) is 11.1 Å². The Balaban J connectivity index is 2.99. The summed E-state index contributed by atoms with van der Waals surface area (Å²) in [6, 6.07) is 5.86. The van der Waals surface area contributed by atoms with Crippen LogP contribution in [0.4, 0.5) is 5.82 Å². The molecule has 0 atom stereocenters. The van der Waals surface area contributed by atoms with Crippen LogP contribution < -0.4 is 20.8 Å². The SMILES string of the molecule is COc1ccc(OCC#N)c(-c2c(C(=O)O)c(N)[nH]c(=O)c2C(=O)O)c1. The van der Waals surface area contributed by atoms with Crippen molar-refractivity contribution in [1.82, 2.24) is 4.98 Å². The standard InChI is InChI=1S/C16H13N3O7/c1-25-7-2-3-9(26-5-4-17)8(6-7)10-11(15(21)22)13(18)19-14(20)12(10)16(23)24/h2-3,6H,5H2,1H3,(H,21,22)(H,23,24)(H3,18,19,20). The van der Waals surface area contributed by atoms with Crippen molar-refractivity contribution in [2.24, 2.45) is 0 Å². The summed E-state index contributed by atoms with van der Waals surface area (Å²) in [4.78, 5) is 37.4. The number of aromatic carboxylic acids is 2. The van der Waals surface area contributed by atoms with Crippen LogP contribution >= 0.6 is 0 Å². The zero-order valence-electron chi connectivity index (χ0n) is 13.4. The summed E-state index contributed by atoms with van der Waals surface area (Å²) in [6.45, 7) is -0.386. The number of nitriles is 1. The topological polar surface area (TPSA) is 176 Å². The van der Waals surface area contributed by atoms with Crippen LogP contribution in [0.15, 0.2) is 23.0 Å². The number of carboxylic acid groups (broad SMARTS) is 2. The maximum absolute atomic E-state index is 12.1. The van der Waals surface area contributed by atoms with E-state index < -0.39 is 40.0 Å². The van der Waals surface area contributed by atoms with E-state index in [0.29, 0.717) is 0 Å². The third kappa shape index (κ3) is 3.27. The van der Waals surface area contributed by atoms with E-state index in [1.165, 1.54) is 25.3 Å². The van der Waals surface area contributed by atoms with E-state index in [0.717, 1.165) is 0 Å². The minimum absolute atomic E-state index is 0.0117. The number of aromatic amines is 1. The van der Waals surface area contributed by atoms with Crippen molar-refractivity contribution >= 4 is 17.8 Å². The summed E-state index contributed by atoms with van der Waals surface area (Å²) in [5.41, 5.74) is 2.57. The van der Waals surface area contributed by atoms with E-state index in [-0.39, 0.29) is 23.7 Å². The average molecular weight is 359 g/mol. The van der Waals surface area contributed by atoms with E-state index in [1.54, 1.807) is 6.07 Å². The molecular weight excluding hydrogens is 346 g/mol. The van der Waals surface area contributed by atoms with E-state index >= 15 is 0 Å². The minimum atomic E-state index is -1.65. The molecular formula is C16H13N3O7. The number of rotatable bonds is 6. The highest BCUT2D eigenvalue weighted by atomic mass is 16.5. The van der Waals surface area contributed by atoms with E-state index in [2.05, 4.69) is 0 Å². The second kappa shape index (κ2) is 7.27. The fraction of sp³-hybridized carbons (Fsp3) is 0.125. The van der Waals surface area contributed by atoms with Gasteiger partial charge in [-0.25, -0.2) is 9.59 Å². The zero-order chi connectivity index (χ0) is 19.4. The highest BCUT2D eigenvalue weighted by Gasteiger charge is 2.28. The summed E-state index contributed by atoms with van der Waals surface area (Å²) in [7, 11) is 1.34. The lowest BCUT2D eigenvalue weighted by molar-refractivity contribution is 0.0695. The Bertz CT molecular complexity index is 989. The number of carboxylic acids is 2. The molecule has 10 nitrogen and oxygen atoms in total. The molecule has 0 aliphatic rings. The second-order valence-electron chi connectivity index (χ2n) is 4.91. The van der Waals surface area contributed by atoms with Crippen LogP contribution in [-0.4, -0.2) is 40.9 Å². The normalized spacial score (nSPS) is 10.0. The number of benzene rings is 1. The number of nitrogens with two attached hydrogens (primary N) is 1. The predicted octanol–water partition coefficient (Wildman–Crippen LogP) is 0.931. The number of carbonyl (C=O) groups is 2. The third-order valence-corrected chi connectivity index (χ3v) is 3.42. The summed E-state index contributed by atoms with van der Waals surface area (Å²) in [6.07, 6.45) is 0. The molecule has 1 aromatic carbocycles. The molecule has 0 radical (unpaired) electrons. The van der Waals surface area contributed by atoms with E-state index in [9.17, 15) is 24.6 Å². The van der Waals surface area contributed by atoms with Crippen LogP contribution in [0.3, 0.4) is 0 Å². The van der Waals surface area contributed by atoms with Gasteiger partial charge in [-0.2, -0.15) is 5.26 Å². The lowest BCUT2D eigenvalue weighted by Gasteiger charge is -2.16. The maximum atomic E-state index is 12.1. The van der Waals surface area contributed by atoms with Gasteiger partial charge < -0.3 is 30.4 Å². The Morgan fingerprint density at radius 2 is 1.92 bits per heavy atom. The molecule has 0 unspecified atom stereocenters. The molecule has 10 heteroatoms. The molecule has 0 bridgehead atoms. The molecule has 0 amide bonds. The molecule has 5 N–H and O–H groups in total. The van der Waals surface area contributed by atoms with Crippen LogP contribution in [0.2, 0.25) is 0 Å². The number of anilines is 1. The van der Waals surface area contributed by atoms with Gasteiger partial charge in [0.15, 0.2) is 6.61 Å². The number of aromatic nitrogens is 1. The Hall–Kier alpha value is -4.00. The maximum Gasteiger partial charge on any atom is 0.342 e. The number of hydrogen-bond acceptors (Lipinski definition) is 7. The van der Waals surface area contributed by atoms with Crippen LogP contribution in [0, 0.1) is 11.3 Å². The number of H-pyrrole nitrogens is 1.